The summed E-state index contributed by atoms with van der Waals surface area (Å²) in [5, 5.41) is 12.7. The van der Waals surface area contributed by atoms with Crippen LogP contribution in [-0.4, -0.2) is 36.0 Å². The van der Waals surface area contributed by atoms with Crippen LogP contribution in [0, 0.1) is 10.1 Å². The lowest BCUT2D eigenvalue weighted by Gasteiger charge is -2.18. The normalized spacial score (nSPS) is 12.0. The van der Waals surface area contributed by atoms with Gasteiger partial charge in [-0.15, -0.1) is 0 Å². The number of nitro groups is 1. The minimum absolute atomic E-state index is 0.0180. The van der Waals surface area contributed by atoms with Crippen LogP contribution in [0.15, 0.2) is 84.9 Å². The van der Waals surface area contributed by atoms with Crippen LogP contribution in [0.25, 0.3) is 32.9 Å². The third-order valence-corrected chi connectivity index (χ3v) is 7.47. The van der Waals surface area contributed by atoms with Gasteiger partial charge in [0.15, 0.2) is 5.75 Å². The van der Waals surface area contributed by atoms with Crippen molar-refractivity contribution in [3.05, 3.63) is 106 Å². The van der Waals surface area contributed by atoms with Crippen molar-refractivity contribution >= 4 is 43.6 Å². The van der Waals surface area contributed by atoms with Gasteiger partial charge in [0.2, 0.25) is 0 Å². The first-order chi connectivity index (χ1) is 20.0. The maximum absolute atomic E-state index is 13.7. The Morgan fingerprint density at radius 1 is 0.952 bits per heavy atom. The van der Waals surface area contributed by atoms with Crippen LogP contribution >= 0.6 is 0 Å². The maximum Gasteiger partial charge on any atom is 0.534 e. The third-order valence-electron chi connectivity index (χ3n) is 6.52. The van der Waals surface area contributed by atoms with E-state index in [2.05, 4.69) is 0 Å². The Kier molecular flexibility index (Phi) is 7.37. The van der Waals surface area contributed by atoms with Gasteiger partial charge in [-0.05, 0) is 24.1 Å². The van der Waals surface area contributed by atoms with Crippen LogP contribution in [0.1, 0.15) is 22.8 Å². The summed E-state index contributed by atoms with van der Waals surface area (Å²) in [6.45, 7) is 1.18. The van der Waals surface area contributed by atoms with Gasteiger partial charge in [0.1, 0.15) is 11.1 Å². The number of esters is 1. The summed E-state index contributed by atoms with van der Waals surface area (Å²) >= 11 is 0. The van der Waals surface area contributed by atoms with Crippen LogP contribution in [0.5, 0.6) is 5.75 Å². The fraction of sp³-hybridized carbons (Fsp3) is 0.138. The predicted octanol–water partition coefficient (Wildman–Crippen LogP) is 6.82. The Labute approximate surface area is 237 Å². The van der Waals surface area contributed by atoms with Crippen LogP contribution in [0.2, 0.25) is 0 Å². The van der Waals surface area contributed by atoms with Crippen molar-refractivity contribution in [1.82, 2.24) is 4.57 Å². The molecule has 0 atom stereocenters. The summed E-state index contributed by atoms with van der Waals surface area (Å²) in [6, 6.07) is 22.4. The maximum atomic E-state index is 13.7. The number of carbonyl (C=O) groups is 1. The van der Waals surface area contributed by atoms with Crippen molar-refractivity contribution in [3.63, 3.8) is 0 Å². The largest absolute Gasteiger partial charge is 0.534 e. The average molecular weight is 599 g/mol. The molecule has 5 aromatic rings. The van der Waals surface area contributed by atoms with E-state index in [1.54, 1.807) is 48.5 Å². The molecule has 0 aliphatic rings. The number of fused-ring (bicyclic) bond motifs is 3. The Morgan fingerprint density at radius 2 is 1.55 bits per heavy atom. The van der Waals surface area contributed by atoms with Crippen molar-refractivity contribution in [3.8, 4) is 16.9 Å². The number of rotatable bonds is 8. The molecule has 4 aromatic carbocycles. The second-order valence-electron chi connectivity index (χ2n) is 9.07. The topological polar surface area (TPSA) is 118 Å². The summed E-state index contributed by atoms with van der Waals surface area (Å²) in [5.74, 6) is -2.32. The highest BCUT2D eigenvalue weighted by molar-refractivity contribution is 7.88. The number of para-hydroxylation sites is 1. The first-order valence-corrected chi connectivity index (χ1v) is 13.9. The lowest BCUT2D eigenvalue weighted by molar-refractivity contribution is -0.382. The number of halogens is 3. The molecule has 0 radical (unpaired) electrons. The van der Waals surface area contributed by atoms with Gasteiger partial charge in [-0.1, -0.05) is 78.9 Å². The van der Waals surface area contributed by atoms with Crippen molar-refractivity contribution < 1.29 is 40.2 Å². The van der Waals surface area contributed by atoms with E-state index in [1.807, 2.05) is 0 Å². The average Bonchev–Trinajstić information content (AvgIpc) is 3.26. The van der Waals surface area contributed by atoms with Crippen molar-refractivity contribution in [1.29, 1.82) is 0 Å². The SMILES string of the molecule is CCOC(=O)c1c(-c2ccccc2)c([N+](=O)[O-])c2c(c1OS(=O)(=O)C(F)(F)F)c1ccccc1n2Cc1ccccc1. The fourth-order valence-corrected chi connectivity index (χ4v) is 5.37. The summed E-state index contributed by atoms with van der Waals surface area (Å²) in [4.78, 5) is 25.6. The van der Waals surface area contributed by atoms with Crippen LogP contribution in [0.4, 0.5) is 18.9 Å². The summed E-state index contributed by atoms with van der Waals surface area (Å²) < 4.78 is 77.4. The first-order valence-electron chi connectivity index (χ1n) is 12.5. The van der Waals surface area contributed by atoms with Gasteiger partial charge in [0.05, 0.1) is 22.5 Å². The molecule has 13 heteroatoms. The molecule has 0 aliphatic heterocycles. The molecule has 0 spiro atoms. The van der Waals surface area contributed by atoms with Gasteiger partial charge in [0.25, 0.3) is 0 Å². The van der Waals surface area contributed by atoms with Crippen molar-refractivity contribution in [2.24, 2.45) is 0 Å². The highest BCUT2D eigenvalue weighted by Crippen LogP contribution is 2.50. The first kappa shape index (κ1) is 28.6. The Balaban J connectivity index is 2.08. The molecule has 1 heterocycles. The van der Waals surface area contributed by atoms with E-state index in [1.165, 1.54) is 47.9 Å². The second kappa shape index (κ2) is 10.8. The zero-order valence-corrected chi connectivity index (χ0v) is 22.6. The standard InChI is InChI=1S/C29H21F3N2O7S/c1-2-40-28(35)24-22(19-13-7-4-8-14-19)26(34(36)37)25-23(27(24)41-42(38,39)29(30,31)32)20-15-9-10-16-21(20)33(25)17-18-11-5-3-6-12-18/h3-16H,2,17H2,1H3. The molecule has 216 valence electrons. The number of benzene rings is 4. The number of hydrogen-bond donors (Lipinski definition) is 0. The van der Waals surface area contributed by atoms with Gasteiger partial charge < -0.3 is 13.5 Å². The van der Waals surface area contributed by atoms with E-state index in [0.29, 0.717) is 11.1 Å². The smallest absolute Gasteiger partial charge is 0.462 e. The molecule has 0 bridgehead atoms. The number of carbonyl (C=O) groups excluding carboxylic acids is 1. The van der Waals surface area contributed by atoms with E-state index in [4.69, 9.17) is 8.92 Å². The fourth-order valence-electron chi connectivity index (χ4n) is 4.89. The van der Waals surface area contributed by atoms with Crippen LogP contribution in [0.3, 0.4) is 0 Å². The monoisotopic (exact) mass is 598 g/mol. The Hall–Kier alpha value is -4.91. The molecule has 42 heavy (non-hydrogen) atoms. The zero-order valence-electron chi connectivity index (χ0n) is 21.8. The molecular weight excluding hydrogens is 577 g/mol. The molecule has 0 amide bonds. The minimum Gasteiger partial charge on any atom is -0.462 e. The van der Waals surface area contributed by atoms with E-state index in [9.17, 15) is 36.5 Å². The molecule has 0 unspecified atom stereocenters. The minimum atomic E-state index is -6.35. The van der Waals surface area contributed by atoms with Crippen molar-refractivity contribution in [2.75, 3.05) is 6.61 Å². The predicted molar refractivity (Wildman–Crippen MR) is 149 cm³/mol. The lowest BCUT2D eigenvalue weighted by atomic mass is 9.93. The van der Waals surface area contributed by atoms with E-state index < -0.39 is 49.1 Å². The quantitative estimate of drug-likeness (QED) is 0.0632. The molecule has 0 aliphatic carbocycles. The molecule has 0 saturated carbocycles. The third kappa shape index (κ3) is 4.91. The number of aromatic nitrogens is 1. The number of nitro benzene ring substituents is 1. The zero-order chi connectivity index (χ0) is 30.2. The van der Waals surface area contributed by atoms with Gasteiger partial charge in [0, 0.05) is 17.4 Å². The van der Waals surface area contributed by atoms with Gasteiger partial charge in [-0.25, -0.2) is 4.79 Å². The number of ether oxygens (including phenoxy) is 1. The van der Waals surface area contributed by atoms with Crippen LogP contribution < -0.4 is 4.18 Å². The Bertz CT molecular complexity index is 1940. The summed E-state index contributed by atoms with van der Waals surface area (Å²) in [6.07, 6.45) is 0. The lowest BCUT2D eigenvalue weighted by Crippen LogP contribution is -2.29. The molecule has 0 fully saturated rings. The van der Waals surface area contributed by atoms with Crippen molar-refractivity contribution in [2.45, 2.75) is 19.0 Å². The molecule has 0 N–H and O–H groups in total. The van der Waals surface area contributed by atoms with E-state index >= 15 is 0 Å². The second-order valence-corrected chi connectivity index (χ2v) is 10.6. The van der Waals surface area contributed by atoms with Gasteiger partial charge in [-0.2, -0.15) is 21.6 Å². The molecule has 0 saturated heterocycles. The van der Waals surface area contributed by atoms with Gasteiger partial charge in [-0.3, -0.25) is 10.1 Å². The summed E-state index contributed by atoms with van der Waals surface area (Å²) in [7, 11) is -6.35. The number of alkyl halides is 3. The van der Waals surface area contributed by atoms with Crippen LogP contribution in [-0.2, 0) is 21.4 Å². The van der Waals surface area contributed by atoms with E-state index in [-0.39, 0.29) is 35.0 Å². The molecule has 9 nitrogen and oxygen atoms in total. The Morgan fingerprint density at radius 3 is 2.14 bits per heavy atom. The molecular formula is C29H21F3N2O7S. The highest BCUT2D eigenvalue weighted by atomic mass is 32.2. The number of nitrogens with zero attached hydrogens (tertiary/aromatic N) is 2. The molecule has 5 rings (SSSR count). The summed E-state index contributed by atoms with van der Waals surface area (Å²) in [5.41, 5.74) is -6.94. The highest BCUT2D eigenvalue weighted by Gasteiger charge is 2.50. The van der Waals surface area contributed by atoms with Gasteiger partial charge >= 0.3 is 27.3 Å². The number of hydrogen-bond acceptors (Lipinski definition) is 7. The van der Waals surface area contributed by atoms with E-state index in [0.717, 1.165) is 0 Å². The molecule has 1 aromatic heterocycles.